The van der Waals surface area contributed by atoms with Crippen molar-refractivity contribution in [1.82, 2.24) is 0 Å². The van der Waals surface area contributed by atoms with E-state index in [1.807, 2.05) is 12.2 Å². The van der Waals surface area contributed by atoms with Crippen molar-refractivity contribution in [2.45, 2.75) is 83.7 Å². The largest absolute Gasteiger partial charge is 0.469 e. The van der Waals surface area contributed by atoms with Crippen molar-refractivity contribution in [3.05, 3.63) is 24.3 Å². The van der Waals surface area contributed by atoms with Gasteiger partial charge in [0.25, 0.3) is 0 Å². The van der Waals surface area contributed by atoms with Gasteiger partial charge in [0.1, 0.15) is 5.78 Å². The Bertz CT molecular complexity index is 467. The van der Waals surface area contributed by atoms with Crippen molar-refractivity contribution in [3.8, 4) is 0 Å². The molecule has 1 aliphatic carbocycles. The van der Waals surface area contributed by atoms with Crippen molar-refractivity contribution in [2.75, 3.05) is 7.11 Å². The van der Waals surface area contributed by atoms with Crippen molar-refractivity contribution < 1.29 is 19.4 Å². The van der Waals surface area contributed by atoms with Gasteiger partial charge in [-0.1, -0.05) is 50.5 Å². The van der Waals surface area contributed by atoms with Crippen LogP contribution < -0.4 is 0 Å². The van der Waals surface area contributed by atoms with Gasteiger partial charge in [0.15, 0.2) is 0 Å². The number of esters is 1. The number of rotatable bonds is 12. The van der Waals surface area contributed by atoms with Gasteiger partial charge in [0.2, 0.25) is 0 Å². The average molecular weight is 365 g/mol. The monoisotopic (exact) mass is 364 g/mol. The first-order chi connectivity index (χ1) is 12.6. The lowest BCUT2D eigenvalue weighted by Crippen LogP contribution is -2.37. The molecule has 0 saturated heterocycles. The second kappa shape index (κ2) is 13.7. The molecule has 1 rings (SSSR count). The van der Waals surface area contributed by atoms with Crippen LogP contribution in [0, 0.1) is 11.8 Å². The lowest BCUT2D eigenvalue weighted by atomic mass is 9.74. The van der Waals surface area contributed by atoms with Gasteiger partial charge in [-0.2, -0.15) is 0 Å². The molecular formula is C22H36O4. The van der Waals surface area contributed by atoms with Crippen LogP contribution in [0.1, 0.15) is 77.6 Å². The van der Waals surface area contributed by atoms with Crippen LogP contribution in [0.4, 0.5) is 0 Å². The number of ketones is 1. The number of aliphatic hydroxyl groups excluding tert-OH is 1. The lowest BCUT2D eigenvalue weighted by molar-refractivity contribution is -0.140. The van der Waals surface area contributed by atoms with Gasteiger partial charge in [-0.05, 0) is 38.5 Å². The van der Waals surface area contributed by atoms with E-state index in [4.69, 9.17) is 0 Å². The first kappa shape index (κ1) is 22.6. The van der Waals surface area contributed by atoms with E-state index >= 15 is 0 Å². The molecule has 0 heterocycles. The number of unbranched alkanes of at least 4 members (excludes halogenated alkanes) is 5. The average Bonchev–Trinajstić information content (AvgIpc) is 2.64. The molecule has 1 fully saturated rings. The van der Waals surface area contributed by atoms with Crippen molar-refractivity contribution in [1.29, 1.82) is 0 Å². The fraction of sp³-hybridized carbons (Fsp3) is 0.727. The summed E-state index contributed by atoms with van der Waals surface area (Å²) in [6, 6.07) is 0. The van der Waals surface area contributed by atoms with Gasteiger partial charge < -0.3 is 9.84 Å². The third-order valence-electron chi connectivity index (χ3n) is 5.13. The Labute approximate surface area is 158 Å². The minimum Gasteiger partial charge on any atom is -0.469 e. The summed E-state index contributed by atoms with van der Waals surface area (Å²) in [5.74, 6) is -0.118. The van der Waals surface area contributed by atoms with E-state index in [0.717, 1.165) is 19.3 Å². The summed E-state index contributed by atoms with van der Waals surface area (Å²) in [4.78, 5) is 23.4. The standard InChI is InChI=1S/C22H36O4/c1-3-4-5-6-7-10-13-18-19(21(24)17-16-20(18)23)14-11-8-9-12-15-22(25)26-2/h8,10-11,13,18-20,23H,3-7,9,12,14-17H2,1-2H3/b11-8-,13-10+/t18-,19-,20-/m1/s1. The molecule has 0 aromatic heterocycles. The molecular weight excluding hydrogens is 328 g/mol. The maximum absolute atomic E-state index is 12.3. The maximum atomic E-state index is 12.3. The molecule has 4 nitrogen and oxygen atoms in total. The van der Waals surface area contributed by atoms with Gasteiger partial charge in [0, 0.05) is 24.7 Å². The first-order valence-corrected chi connectivity index (χ1v) is 10.2. The molecule has 1 saturated carbocycles. The van der Waals surface area contributed by atoms with Gasteiger partial charge in [-0.25, -0.2) is 0 Å². The van der Waals surface area contributed by atoms with Crippen LogP contribution in [0.25, 0.3) is 0 Å². The Hall–Kier alpha value is -1.42. The minimum atomic E-state index is -0.419. The summed E-state index contributed by atoms with van der Waals surface area (Å²) in [7, 11) is 1.40. The van der Waals surface area contributed by atoms with Crippen LogP contribution in [0.5, 0.6) is 0 Å². The highest BCUT2D eigenvalue weighted by molar-refractivity contribution is 5.82. The molecule has 1 aliphatic rings. The molecule has 0 aromatic rings. The number of aliphatic hydroxyl groups is 1. The maximum Gasteiger partial charge on any atom is 0.305 e. The fourth-order valence-electron chi connectivity index (χ4n) is 3.47. The molecule has 0 aliphatic heterocycles. The Morgan fingerprint density at radius 3 is 2.65 bits per heavy atom. The molecule has 0 radical (unpaired) electrons. The van der Waals surface area contributed by atoms with E-state index in [0.29, 0.717) is 25.7 Å². The number of carbonyl (C=O) groups is 2. The van der Waals surface area contributed by atoms with E-state index in [1.165, 1.54) is 32.8 Å². The second-order valence-corrected chi connectivity index (χ2v) is 7.21. The van der Waals surface area contributed by atoms with Crippen LogP contribution in [-0.4, -0.2) is 30.1 Å². The lowest BCUT2D eigenvalue weighted by Gasteiger charge is -2.32. The smallest absolute Gasteiger partial charge is 0.305 e. The third kappa shape index (κ3) is 8.79. The predicted molar refractivity (Wildman–Crippen MR) is 105 cm³/mol. The SMILES string of the molecule is CCCCCC/C=C/[C@H]1[C@H](O)CCC(=O)[C@@H]1C/C=C\CCCC(=O)OC. The number of ether oxygens (including phenoxy) is 1. The number of hydrogen-bond acceptors (Lipinski definition) is 4. The molecule has 1 N–H and O–H groups in total. The zero-order chi connectivity index (χ0) is 19.2. The summed E-state index contributed by atoms with van der Waals surface area (Å²) in [6.07, 6.45) is 17.5. The Kier molecular flexibility index (Phi) is 12.0. The van der Waals surface area contributed by atoms with E-state index in [2.05, 4.69) is 23.8 Å². The normalized spacial score (nSPS) is 23.8. The molecule has 3 atom stereocenters. The highest BCUT2D eigenvalue weighted by Gasteiger charge is 2.35. The quantitative estimate of drug-likeness (QED) is 0.308. The molecule has 0 unspecified atom stereocenters. The topological polar surface area (TPSA) is 63.6 Å². The molecule has 26 heavy (non-hydrogen) atoms. The van der Waals surface area contributed by atoms with Crippen molar-refractivity contribution >= 4 is 11.8 Å². The van der Waals surface area contributed by atoms with E-state index in [1.54, 1.807) is 0 Å². The van der Waals surface area contributed by atoms with E-state index in [9.17, 15) is 14.7 Å². The Morgan fingerprint density at radius 1 is 1.15 bits per heavy atom. The molecule has 0 spiro atoms. The van der Waals surface area contributed by atoms with Gasteiger partial charge in [-0.3, -0.25) is 9.59 Å². The van der Waals surface area contributed by atoms with Gasteiger partial charge in [-0.15, -0.1) is 0 Å². The molecule has 4 heteroatoms. The van der Waals surface area contributed by atoms with Crippen LogP contribution >= 0.6 is 0 Å². The predicted octanol–water partition coefficient (Wildman–Crippen LogP) is 4.76. The number of Topliss-reactive ketones (excluding diaryl/α,β-unsaturated/α-hetero) is 1. The van der Waals surface area contributed by atoms with Crippen LogP contribution in [-0.2, 0) is 14.3 Å². The first-order valence-electron chi connectivity index (χ1n) is 10.2. The number of hydrogen-bond donors (Lipinski definition) is 1. The third-order valence-corrected chi connectivity index (χ3v) is 5.13. The highest BCUT2D eigenvalue weighted by Crippen LogP contribution is 2.32. The van der Waals surface area contributed by atoms with Gasteiger partial charge >= 0.3 is 5.97 Å². The van der Waals surface area contributed by atoms with Gasteiger partial charge in [0.05, 0.1) is 13.2 Å². The fourth-order valence-corrected chi connectivity index (χ4v) is 3.47. The van der Waals surface area contributed by atoms with Crippen LogP contribution in [0.3, 0.4) is 0 Å². The molecule has 0 aromatic carbocycles. The highest BCUT2D eigenvalue weighted by atomic mass is 16.5. The van der Waals surface area contributed by atoms with E-state index in [-0.39, 0.29) is 23.6 Å². The summed E-state index contributed by atoms with van der Waals surface area (Å²) in [6.45, 7) is 2.20. The Balaban J connectivity index is 2.45. The van der Waals surface area contributed by atoms with Crippen molar-refractivity contribution in [2.24, 2.45) is 11.8 Å². The van der Waals surface area contributed by atoms with Crippen LogP contribution in [0.2, 0.25) is 0 Å². The summed E-state index contributed by atoms with van der Waals surface area (Å²) < 4.78 is 4.62. The van der Waals surface area contributed by atoms with Crippen LogP contribution in [0.15, 0.2) is 24.3 Å². The summed E-state index contributed by atoms with van der Waals surface area (Å²) in [5.41, 5.74) is 0. The zero-order valence-electron chi connectivity index (χ0n) is 16.5. The van der Waals surface area contributed by atoms with E-state index < -0.39 is 6.10 Å². The molecule has 0 bridgehead atoms. The summed E-state index contributed by atoms with van der Waals surface area (Å²) >= 11 is 0. The number of allylic oxidation sites excluding steroid dienone is 3. The Morgan fingerprint density at radius 2 is 1.92 bits per heavy atom. The summed E-state index contributed by atoms with van der Waals surface area (Å²) in [5, 5.41) is 10.3. The minimum absolute atomic E-state index is 0.0675. The number of carbonyl (C=O) groups excluding carboxylic acids is 2. The number of methoxy groups -OCH3 is 1. The molecule has 148 valence electrons. The second-order valence-electron chi connectivity index (χ2n) is 7.21. The zero-order valence-corrected chi connectivity index (χ0v) is 16.5. The van der Waals surface area contributed by atoms with Crippen molar-refractivity contribution in [3.63, 3.8) is 0 Å². The molecule has 0 amide bonds.